The van der Waals surface area contributed by atoms with Gasteiger partial charge in [-0.15, -0.1) is 0 Å². The van der Waals surface area contributed by atoms with Gasteiger partial charge >= 0.3 is 0 Å². The number of rotatable bonds is 10. The van der Waals surface area contributed by atoms with Crippen molar-refractivity contribution >= 4 is 17.5 Å². The molecule has 7 heteroatoms. The van der Waals surface area contributed by atoms with Crippen LogP contribution in [0.25, 0.3) is 0 Å². The molecule has 35 heavy (non-hydrogen) atoms. The van der Waals surface area contributed by atoms with Gasteiger partial charge in [0.1, 0.15) is 6.04 Å². The van der Waals surface area contributed by atoms with Crippen molar-refractivity contribution in [3.05, 3.63) is 111 Å². The molecule has 0 spiro atoms. The highest BCUT2D eigenvalue weighted by Crippen LogP contribution is 2.22. The van der Waals surface area contributed by atoms with E-state index in [2.05, 4.69) is 5.32 Å². The van der Waals surface area contributed by atoms with Crippen molar-refractivity contribution in [2.75, 3.05) is 0 Å². The Balaban J connectivity index is 2.00. The van der Waals surface area contributed by atoms with Crippen molar-refractivity contribution in [1.82, 2.24) is 10.2 Å². The van der Waals surface area contributed by atoms with Gasteiger partial charge in [0.2, 0.25) is 11.8 Å². The number of nitrogens with one attached hydrogen (secondary N) is 1. The lowest BCUT2D eigenvalue weighted by Gasteiger charge is -2.32. The minimum absolute atomic E-state index is 0.104. The third kappa shape index (κ3) is 7.24. The average Bonchev–Trinajstić information content (AvgIpc) is 2.83. The van der Waals surface area contributed by atoms with E-state index in [-0.39, 0.29) is 36.5 Å². The molecular weight excluding hydrogens is 442 g/mol. The summed E-state index contributed by atoms with van der Waals surface area (Å²) in [5.41, 5.74) is 3.09. The first-order valence-electron chi connectivity index (χ1n) is 11.7. The summed E-state index contributed by atoms with van der Waals surface area (Å²) in [5, 5.41) is 14.5. The predicted octanol–water partition coefficient (Wildman–Crippen LogP) is 4.61. The maximum Gasteiger partial charge on any atom is 0.273 e. The topological polar surface area (TPSA) is 92.6 Å². The molecule has 0 fully saturated rings. The molecule has 182 valence electrons. The number of hydrogen-bond acceptors (Lipinski definition) is 4. The molecule has 7 nitrogen and oxygen atoms in total. The first-order valence-corrected chi connectivity index (χ1v) is 11.7. The zero-order chi connectivity index (χ0) is 25.4. The summed E-state index contributed by atoms with van der Waals surface area (Å²) in [6, 6.07) is 22.6. The number of hydrogen-bond donors (Lipinski definition) is 1. The van der Waals surface area contributed by atoms with Gasteiger partial charge in [-0.3, -0.25) is 19.7 Å². The van der Waals surface area contributed by atoms with Gasteiger partial charge in [0.05, 0.1) is 11.3 Å². The fourth-order valence-corrected chi connectivity index (χ4v) is 3.93. The molecule has 0 bridgehead atoms. The Morgan fingerprint density at radius 2 is 1.54 bits per heavy atom. The van der Waals surface area contributed by atoms with Crippen LogP contribution in [0.2, 0.25) is 0 Å². The zero-order valence-electron chi connectivity index (χ0n) is 20.3. The van der Waals surface area contributed by atoms with E-state index in [1.54, 1.807) is 23.1 Å². The first kappa shape index (κ1) is 25.6. The van der Waals surface area contributed by atoms with Gasteiger partial charge in [-0.05, 0) is 31.9 Å². The molecule has 0 heterocycles. The maximum atomic E-state index is 13.7. The molecule has 0 aliphatic rings. The van der Waals surface area contributed by atoms with Crippen molar-refractivity contribution in [3.63, 3.8) is 0 Å². The number of nitro benzene ring substituents is 1. The summed E-state index contributed by atoms with van der Waals surface area (Å²) in [6.07, 6.45) is 0.150. The minimum Gasteiger partial charge on any atom is -0.352 e. The lowest BCUT2D eigenvalue weighted by Crippen LogP contribution is -2.52. The molecule has 1 N–H and O–H groups in total. The molecular formula is C28H31N3O4. The predicted molar refractivity (Wildman–Crippen MR) is 136 cm³/mol. The Hall–Kier alpha value is -4.00. The number of carbonyl (C=O) groups is 2. The van der Waals surface area contributed by atoms with Crippen molar-refractivity contribution in [3.8, 4) is 0 Å². The van der Waals surface area contributed by atoms with Crippen LogP contribution in [-0.4, -0.2) is 33.7 Å². The van der Waals surface area contributed by atoms with E-state index in [1.165, 1.54) is 6.07 Å². The molecule has 0 aromatic heterocycles. The zero-order valence-corrected chi connectivity index (χ0v) is 20.3. The molecule has 2 amide bonds. The van der Waals surface area contributed by atoms with Gasteiger partial charge < -0.3 is 10.2 Å². The standard InChI is InChI=1S/C28H31N3O4/c1-20(2)29-28(33)26(17-22-9-5-4-6-10-22)30(19-23-15-13-21(3)14-16-23)27(32)18-24-11-7-8-12-25(24)31(34)35/h4-16,20,26H,17-19H2,1-3H3,(H,29,33)/t26-/m1/s1. The van der Waals surface area contributed by atoms with Crippen LogP contribution < -0.4 is 5.32 Å². The SMILES string of the molecule is Cc1ccc(CN(C(=O)Cc2ccccc2[N+](=O)[O-])[C@H](Cc2ccccc2)C(=O)NC(C)C)cc1. The third-order valence-electron chi connectivity index (χ3n) is 5.71. The van der Waals surface area contributed by atoms with Crippen LogP contribution in [0, 0.1) is 17.0 Å². The number of amides is 2. The Kier molecular flexibility index (Phi) is 8.73. The normalized spacial score (nSPS) is 11.7. The van der Waals surface area contributed by atoms with E-state index in [9.17, 15) is 19.7 Å². The molecule has 0 radical (unpaired) electrons. The van der Waals surface area contributed by atoms with Crippen molar-refractivity contribution in [2.24, 2.45) is 0 Å². The van der Waals surface area contributed by atoms with Crippen molar-refractivity contribution < 1.29 is 14.5 Å². The van der Waals surface area contributed by atoms with E-state index in [0.29, 0.717) is 12.0 Å². The van der Waals surface area contributed by atoms with Gasteiger partial charge in [-0.1, -0.05) is 78.4 Å². The molecule has 3 aromatic rings. The number of nitrogens with zero attached hydrogens (tertiary/aromatic N) is 2. The quantitative estimate of drug-likeness (QED) is 0.344. The van der Waals surface area contributed by atoms with Crippen LogP contribution in [0.15, 0.2) is 78.9 Å². The smallest absolute Gasteiger partial charge is 0.273 e. The summed E-state index contributed by atoms with van der Waals surface area (Å²) in [7, 11) is 0. The molecule has 0 aliphatic carbocycles. The van der Waals surface area contributed by atoms with Crippen LogP contribution >= 0.6 is 0 Å². The lowest BCUT2D eigenvalue weighted by atomic mass is 10.0. The Morgan fingerprint density at radius 1 is 0.914 bits per heavy atom. The van der Waals surface area contributed by atoms with Gasteiger partial charge in [-0.2, -0.15) is 0 Å². The van der Waals surface area contributed by atoms with E-state index in [0.717, 1.165) is 16.7 Å². The van der Waals surface area contributed by atoms with Crippen molar-refractivity contribution in [1.29, 1.82) is 0 Å². The van der Waals surface area contributed by atoms with Gasteiger partial charge in [-0.25, -0.2) is 0 Å². The highest BCUT2D eigenvalue weighted by atomic mass is 16.6. The van der Waals surface area contributed by atoms with E-state index < -0.39 is 11.0 Å². The molecule has 1 atom stereocenters. The highest BCUT2D eigenvalue weighted by Gasteiger charge is 2.31. The Bertz CT molecular complexity index is 1160. The second-order valence-corrected chi connectivity index (χ2v) is 8.94. The van der Waals surface area contributed by atoms with Crippen LogP contribution in [0.1, 0.15) is 36.1 Å². The summed E-state index contributed by atoms with van der Waals surface area (Å²) >= 11 is 0. The fourth-order valence-electron chi connectivity index (χ4n) is 3.93. The molecule has 0 aliphatic heterocycles. The Labute approximate surface area is 205 Å². The number of nitro groups is 1. The molecule has 0 unspecified atom stereocenters. The second kappa shape index (κ2) is 11.9. The molecule has 3 rings (SSSR count). The van der Waals surface area contributed by atoms with Gasteiger partial charge in [0.25, 0.3) is 5.69 Å². The van der Waals surface area contributed by atoms with Gasteiger partial charge in [0, 0.05) is 30.6 Å². The summed E-state index contributed by atoms with van der Waals surface area (Å²) < 4.78 is 0. The molecule has 0 saturated heterocycles. The largest absolute Gasteiger partial charge is 0.352 e. The first-order chi connectivity index (χ1) is 16.7. The molecule has 0 saturated carbocycles. The number of aryl methyl sites for hydroxylation is 1. The van der Waals surface area contributed by atoms with E-state index in [1.807, 2.05) is 75.4 Å². The van der Waals surface area contributed by atoms with Crippen LogP contribution in [0.5, 0.6) is 0 Å². The molecule has 3 aromatic carbocycles. The third-order valence-corrected chi connectivity index (χ3v) is 5.71. The summed E-state index contributed by atoms with van der Waals surface area (Å²) in [5.74, 6) is -0.605. The van der Waals surface area contributed by atoms with Gasteiger partial charge in [0.15, 0.2) is 0 Å². The maximum absolute atomic E-state index is 13.7. The fraction of sp³-hybridized carbons (Fsp3) is 0.286. The van der Waals surface area contributed by atoms with Crippen LogP contribution in [0.3, 0.4) is 0 Å². The van der Waals surface area contributed by atoms with Crippen molar-refractivity contribution in [2.45, 2.75) is 52.2 Å². The number of para-hydroxylation sites is 1. The van der Waals surface area contributed by atoms with E-state index >= 15 is 0 Å². The highest BCUT2D eigenvalue weighted by molar-refractivity contribution is 5.89. The summed E-state index contributed by atoms with van der Waals surface area (Å²) in [6.45, 7) is 5.94. The second-order valence-electron chi connectivity index (χ2n) is 8.94. The van der Waals surface area contributed by atoms with Crippen LogP contribution in [-0.2, 0) is 29.0 Å². The minimum atomic E-state index is -0.781. The summed E-state index contributed by atoms with van der Waals surface area (Å²) in [4.78, 5) is 39.6. The van der Waals surface area contributed by atoms with Crippen LogP contribution in [0.4, 0.5) is 5.69 Å². The number of carbonyl (C=O) groups excluding carboxylic acids is 2. The monoisotopic (exact) mass is 473 g/mol. The average molecular weight is 474 g/mol. The number of benzene rings is 3. The van der Waals surface area contributed by atoms with E-state index in [4.69, 9.17) is 0 Å². The lowest BCUT2D eigenvalue weighted by molar-refractivity contribution is -0.385. The Morgan fingerprint density at radius 3 is 2.17 bits per heavy atom.